The molecule has 0 saturated carbocycles. The maximum Gasteiger partial charge on any atom is 0.0882 e. The van der Waals surface area contributed by atoms with Crippen LogP contribution < -0.4 is 0 Å². The molecule has 0 aromatic rings. The normalized spacial score (nSPS) is 26.1. The SMILES string of the molecule is O/C1=C/CCCCCCCCCCCCC1. The van der Waals surface area contributed by atoms with E-state index in [2.05, 4.69) is 0 Å². The van der Waals surface area contributed by atoms with Crippen LogP contribution in [0.5, 0.6) is 0 Å². The zero-order chi connectivity index (χ0) is 11.5. The summed E-state index contributed by atoms with van der Waals surface area (Å²) >= 11 is 0. The minimum atomic E-state index is 0.634. The van der Waals surface area contributed by atoms with E-state index in [9.17, 15) is 5.11 Å². The highest BCUT2D eigenvalue weighted by Gasteiger charge is 1.97. The van der Waals surface area contributed by atoms with Gasteiger partial charge in [-0.15, -0.1) is 0 Å². The summed E-state index contributed by atoms with van der Waals surface area (Å²) in [6.07, 6.45) is 18.9. The van der Waals surface area contributed by atoms with Crippen LogP contribution in [0.25, 0.3) is 0 Å². The molecule has 0 radical (unpaired) electrons. The summed E-state index contributed by atoms with van der Waals surface area (Å²) in [6, 6.07) is 0. The van der Waals surface area contributed by atoms with Crippen molar-refractivity contribution in [1.82, 2.24) is 0 Å². The van der Waals surface area contributed by atoms with Crippen molar-refractivity contribution in [3.8, 4) is 0 Å². The fraction of sp³-hybridized carbons (Fsp3) is 0.867. The molecule has 0 atom stereocenters. The molecule has 0 aromatic heterocycles. The predicted molar refractivity (Wildman–Crippen MR) is 70.7 cm³/mol. The second kappa shape index (κ2) is 9.74. The van der Waals surface area contributed by atoms with E-state index in [1.54, 1.807) is 0 Å². The van der Waals surface area contributed by atoms with E-state index in [4.69, 9.17) is 0 Å². The highest BCUT2D eigenvalue weighted by atomic mass is 16.3. The number of aliphatic hydroxyl groups excluding tert-OH is 1. The molecule has 0 aromatic carbocycles. The van der Waals surface area contributed by atoms with Gasteiger partial charge in [0.1, 0.15) is 0 Å². The van der Waals surface area contributed by atoms with Crippen LogP contribution in [0.15, 0.2) is 11.8 Å². The Kier molecular flexibility index (Phi) is 8.28. The third-order valence-electron chi connectivity index (χ3n) is 3.52. The first-order valence-electron chi connectivity index (χ1n) is 7.27. The van der Waals surface area contributed by atoms with E-state index in [-0.39, 0.29) is 0 Å². The molecule has 1 heteroatoms. The molecule has 0 bridgehead atoms. The van der Waals surface area contributed by atoms with Gasteiger partial charge < -0.3 is 5.11 Å². The third-order valence-corrected chi connectivity index (χ3v) is 3.52. The van der Waals surface area contributed by atoms with Crippen LogP contribution >= 0.6 is 0 Å². The van der Waals surface area contributed by atoms with Gasteiger partial charge >= 0.3 is 0 Å². The highest BCUT2D eigenvalue weighted by molar-refractivity contribution is 4.90. The highest BCUT2D eigenvalue weighted by Crippen LogP contribution is 2.15. The number of rotatable bonds is 0. The summed E-state index contributed by atoms with van der Waals surface area (Å²) in [4.78, 5) is 0. The largest absolute Gasteiger partial charge is 0.513 e. The van der Waals surface area contributed by atoms with Crippen LogP contribution in [0, 0.1) is 0 Å². The molecule has 0 saturated heterocycles. The van der Waals surface area contributed by atoms with Crippen molar-refractivity contribution in [2.75, 3.05) is 0 Å². The van der Waals surface area contributed by atoms with Gasteiger partial charge in [-0.05, 0) is 25.3 Å². The van der Waals surface area contributed by atoms with Gasteiger partial charge in [0.15, 0.2) is 0 Å². The summed E-state index contributed by atoms with van der Waals surface area (Å²) < 4.78 is 0. The maximum atomic E-state index is 9.64. The summed E-state index contributed by atoms with van der Waals surface area (Å²) in [5.41, 5.74) is 0. The molecule has 16 heavy (non-hydrogen) atoms. The number of allylic oxidation sites excluding steroid dienone is 2. The summed E-state index contributed by atoms with van der Waals surface area (Å²) in [5.74, 6) is 0.634. The zero-order valence-electron chi connectivity index (χ0n) is 10.7. The Hall–Kier alpha value is -0.460. The molecule has 0 unspecified atom stereocenters. The minimum absolute atomic E-state index is 0.634. The minimum Gasteiger partial charge on any atom is -0.513 e. The molecule has 94 valence electrons. The second-order valence-corrected chi connectivity index (χ2v) is 5.12. The van der Waals surface area contributed by atoms with Crippen LogP contribution in [0.1, 0.15) is 83.5 Å². The Labute approximate surface area is 101 Å². The number of aliphatic hydroxyl groups is 1. The van der Waals surface area contributed by atoms with Gasteiger partial charge in [0.05, 0.1) is 5.76 Å². The molecule has 1 N–H and O–H groups in total. The first-order chi connectivity index (χ1) is 7.89. The summed E-state index contributed by atoms with van der Waals surface area (Å²) in [6.45, 7) is 0. The lowest BCUT2D eigenvalue weighted by Crippen LogP contribution is -1.84. The first-order valence-corrected chi connectivity index (χ1v) is 7.27. The van der Waals surface area contributed by atoms with Gasteiger partial charge in [-0.25, -0.2) is 0 Å². The van der Waals surface area contributed by atoms with Crippen molar-refractivity contribution in [1.29, 1.82) is 0 Å². The average Bonchev–Trinajstić information content (AvgIpc) is 2.29. The van der Waals surface area contributed by atoms with Gasteiger partial charge in [-0.1, -0.05) is 57.8 Å². The Morgan fingerprint density at radius 3 is 1.62 bits per heavy atom. The second-order valence-electron chi connectivity index (χ2n) is 5.12. The van der Waals surface area contributed by atoms with Gasteiger partial charge in [0.25, 0.3) is 0 Å². The molecule has 0 heterocycles. The van der Waals surface area contributed by atoms with Crippen molar-refractivity contribution in [2.45, 2.75) is 83.5 Å². The number of hydrogen-bond acceptors (Lipinski definition) is 1. The van der Waals surface area contributed by atoms with Gasteiger partial charge in [-0.3, -0.25) is 0 Å². The summed E-state index contributed by atoms with van der Waals surface area (Å²) in [5, 5.41) is 9.64. The quantitative estimate of drug-likeness (QED) is 0.575. The molecule has 0 amide bonds. The van der Waals surface area contributed by atoms with Crippen LogP contribution in [-0.2, 0) is 0 Å². The maximum absolute atomic E-state index is 9.64. The van der Waals surface area contributed by atoms with Crippen molar-refractivity contribution in [3.05, 3.63) is 11.8 Å². The Balaban J connectivity index is 2.19. The van der Waals surface area contributed by atoms with E-state index in [1.807, 2.05) is 6.08 Å². The fourth-order valence-electron chi connectivity index (χ4n) is 2.41. The molecule has 0 fully saturated rings. The molecular weight excluding hydrogens is 196 g/mol. The monoisotopic (exact) mass is 224 g/mol. The molecule has 1 nitrogen and oxygen atoms in total. The predicted octanol–water partition coefficient (Wildman–Crippen LogP) is 5.51. The van der Waals surface area contributed by atoms with Gasteiger partial charge in [-0.2, -0.15) is 0 Å². The molecule has 1 rings (SSSR count). The molecule has 0 aliphatic heterocycles. The van der Waals surface area contributed by atoms with Gasteiger partial charge in [0, 0.05) is 6.42 Å². The van der Waals surface area contributed by atoms with E-state index in [0.29, 0.717) is 5.76 Å². The van der Waals surface area contributed by atoms with Crippen molar-refractivity contribution in [2.24, 2.45) is 0 Å². The van der Waals surface area contributed by atoms with E-state index < -0.39 is 0 Å². The molecule has 1 aliphatic carbocycles. The Morgan fingerprint density at radius 1 is 0.625 bits per heavy atom. The summed E-state index contributed by atoms with van der Waals surface area (Å²) in [7, 11) is 0. The van der Waals surface area contributed by atoms with Gasteiger partial charge in [0.2, 0.25) is 0 Å². The molecule has 1 aliphatic rings. The van der Waals surface area contributed by atoms with Crippen molar-refractivity contribution in [3.63, 3.8) is 0 Å². The van der Waals surface area contributed by atoms with E-state index in [1.165, 1.54) is 70.6 Å². The standard InChI is InChI=1S/C15H28O/c16-15-13-11-9-7-5-3-1-2-4-6-8-10-12-14-15/h13,16H,1-12,14H2/b15-13+. The van der Waals surface area contributed by atoms with Crippen LogP contribution in [0.3, 0.4) is 0 Å². The topological polar surface area (TPSA) is 20.2 Å². The lowest BCUT2D eigenvalue weighted by molar-refractivity contribution is 0.377. The van der Waals surface area contributed by atoms with Crippen LogP contribution in [0.2, 0.25) is 0 Å². The Bertz CT molecular complexity index is 184. The first kappa shape index (κ1) is 13.6. The fourth-order valence-corrected chi connectivity index (χ4v) is 2.41. The molecule has 0 spiro atoms. The van der Waals surface area contributed by atoms with Crippen molar-refractivity contribution < 1.29 is 5.11 Å². The zero-order valence-corrected chi connectivity index (χ0v) is 10.7. The van der Waals surface area contributed by atoms with Crippen LogP contribution in [-0.4, -0.2) is 5.11 Å². The smallest absolute Gasteiger partial charge is 0.0882 e. The van der Waals surface area contributed by atoms with E-state index in [0.717, 1.165) is 12.8 Å². The van der Waals surface area contributed by atoms with Crippen molar-refractivity contribution >= 4 is 0 Å². The Morgan fingerprint density at radius 2 is 1.06 bits per heavy atom. The average molecular weight is 224 g/mol. The lowest BCUT2D eigenvalue weighted by Gasteiger charge is -2.01. The third kappa shape index (κ3) is 7.78. The van der Waals surface area contributed by atoms with E-state index >= 15 is 0 Å². The van der Waals surface area contributed by atoms with Crippen LogP contribution in [0.4, 0.5) is 0 Å². The number of hydrogen-bond donors (Lipinski definition) is 1. The lowest BCUT2D eigenvalue weighted by atomic mass is 10.1. The molecular formula is C15H28O.